The molecule has 0 bridgehead atoms. The summed E-state index contributed by atoms with van der Waals surface area (Å²) in [5, 5.41) is 6.70. The van der Waals surface area contributed by atoms with Gasteiger partial charge in [0.05, 0.1) is 6.54 Å². The Morgan fingerprint density at radius 2 is 1.95 bits per heavy atom. The number of hydrogen-bond acceptors (Lipinski definition) is 3. The van der Waals surface area contributed by atoms with Gasteiger partial charge >= 0.3 is 0 Å². The van der Waals surface area contributed by atoms with E-state index in [4.69, 9.17) is 9.73 Å². The molecule has 22 heavy (non-hydrogen) atoms. The van der Waals surface area contributed by atoms with Gasteiger partial charge < -0.3 is 15.4 Å². The molecule has 1 saturated carbocycles. The van der Waals surface area contributed by atoms with Gasteiger partial charge in [-0.3, -0.25) is 9.89 Å². The maximum Gasteiger partial charge on any atom is 0.191 e. The van der Waals surface area contributed by atoms with Crippen molar-refractivity contribution in [3.63, 3.8) is 0 Å². The minimum Gasteiger partial charge on any atom is -0.381 e. The van der Waals surface area contributed by atoms with E-state index >= 15 is 0 Å². The molecular weight excluding hydrogens is 276 g/mol. The number of likely N-dealkylation sites (N-methyl/N-ethyl adjacent to an activating group) is 1. The van der Waals surface area contributed by atoms with Crippen molar-refractivity contribution in [3.05, 3.63) is 0 Å². The molecule has 0 aromatic heterocycles. The van der Waals surface area contributed by atoms with Crippen LogP contribution < -0.4 is 10.6 Å². The Labute approximate surface area is 136 Å². The number of aliphatic imine (C=N–C) groups is 1. The molecule has 0 spiro atoms. The normalized spacial score (nSPS) is 16.9. The number of guanidine groups is 1. The molecule has 1 unspecified atom stereocenters. The average molecular weight is 313 g/mol. The van der Waals surface area contributed by atoms with Crippen LogP contribution in [0.1, 0.15) is 52.9 Å². The third-order valence-electron chi connectivity index (χ3n) is 4.08. The highest BCUT2D eigenvalue weighted by molar-refractivity contribution is 5.79. The summed E-state index contributed by atoms with van der Waals surface area (Å²) in [5.41, 5.74) is 0. The van der Waals surface area contributed by atoms with E-state index in [0.717, 1.165) is 57.7 Å². The number of unbranched alkanes of at least 4 members (excludes halogenated alkanes) is 1. The monoisotopic (exact) mass is 312 g/mol. The van der Waals surface area contributed by atoms with Crippen LogP contribution in [-0.2, 0) is 4.74 Å². The molecule has 1 rings (SSSR count). The zero-order chi connectivity index (χ0) is 16.2. The zero-order valence-corrected chi connectivity index (χ0v) is 15.0. The number of nitrogens with zero attached hydrogens (tertiary/aromatic N) is 2. The molecule has 5 heteroatoms. The summed E-state index contributed by atoms with van der Waals surface area (Å²) in [6.45, 7) is 10.9. The number of rotatable bonds is 12. The molecule has 1 aliphatic carbocycles. The van der Waals surface area contributed by atoms with Crippen LogP contribution in [0.5, 0.6) is 0 Å². The average Bonchev–Trinajstić information content (AvgIpc) is 3.35. The zero-order valence-electron chi connectivity index (χ0n) is 15.0. The van der Waals surface area contributed by atoms with Gasteiger partial charge in [-0.1, -0.05) is 13.3 Å². The minimum atomic E-state index is 0.500. The number of ether oxygens (including phenoxy) is 1. The van der Waals surface area contributed by atoms with Gasteiger partial charge in [0.15, 0.2) is 5.96 Å². The van der Waals surface area contributed by atoms with Gasteiger partial charge in [-0.15, -0.1) is 0 Å². The van der Waals surface area contributed by atoms with Crippen molar-refractivity contribution in [2.45, 2.75) is 65.0 Å². The minimum absolute atomic E-state index is 0.500. The van der Waals surface area contributed by atoms with Crippen molar-refractivity contribution in [1.82, 2.24) is 15.5 Å². The molecule has 5 nitrogen and oxygen atoms in total. The van der Waals surface area contributed by atoms with E-state index in [2.05, 4.69) is 43.4 Å². The van der Waals surface area contributed by atoms with Crippen molar-refractivity contribution >= 4 is 5.96 Å². The van der Waals surface area contributed by atoms with Gasteiger partial charge in [-0.25, -0.2) is 0 Å². The second-order valence-corrected chi connectivity index (χ2v) is 6.21. The molecule has 0 radical (unpaired) electrons. The smallest absolute Gasteiger partial charge is 0.191 e. The standard InChI is InChI=1S/C17H36N4O/c1-5-7-12-22-13-8-11-19-17(18-6-2)20-14-15(3)21(4)16-9-10-16/h15-16H,5-14H2,1-4H3,(H2,18,19,20). The Morgan fingerprint density at radius 1 is 1.23 bits per heavy atom. The third kappa shape index (κ3) is 8.59. The maximum atomic E-state index is 5.57. The van der Waals surface area contributed by atoms with Crippen LogP contribution in [0, 0.1) is 0 Å². The fourth-order valence-electron chi connectivity index (χ4n) is 2.27. The van der Waals surface area contributed by atoms with Gasteiger partial charge in [0.2, 0.25) is 0 Å². The highest BCUT2D eigenvalue weighted by Crippen LogP contribution is 2.26. The summed E-state index contributed by atoms with van der Waals surface area (Å²) < 4.78 is 5.57. The molecule has 2 N–H and O–H groups in total. The lowest BCUT2D eigenvalue weighted by Gasteiger charge is -2.23. The quantitative estimate of drug-likeness (QED) is 0.330. The lowest BCUT2D eigenvalue weighted by molar-refractivity contribution is 0.129. The fourth-order valence-corrected chi connectivity index (χ4v) is 2.27. The second-order valence-electron chi connectivity index (χ2n) is 6.21. The van der Waals surface area contributed by atoms with Gasteiger partial charge in [-0.05, 0) is 46.6 Å². The highest BCUT2D eigenvalue weighted by atomic mass is 16.5. The van der Waals surface area contributed by atoms with Gasteiger partial charge in [-0.2, -0.15) is 0 Å². The molecule has 0 saturated heterocycles. The van der Waals surface area contributed by atoms with E-state index in [1.807, 2.05) is 0 Å². The summed E-state index contributed by atoms with van der Waals surface area (Å²) in [5.74, 6) is 0.923. The SMILES string of the molecule is CCCCOCCCNC(=NCC(C)N(C)C1CC1)NCC. The van der Waals surface area contributed by atoms with E-state index in [1.165, 1.54) is 19.3 Å². The fraction of sp³-hybridized carbons (Fsp3) is 0.941. The predicted octanol–water partition coefficient (Wildman–Crippen LogP) is 2.23. The molecule has 0 heterocycles. The molecule has 1 aliphatic rings. The molecule has 1 fully saturated rings. The van der Waals surface area contributed by atoms with Crippen molar-refractivity contribution in [2.24, 2.45) is 4.99 Å². The molecule has 130 valence electrons. The first-order valence-corrected chi connectivity index (χ1v) is 9.00. The predicted molar refractivity (Wildman–Crippen MR) is 94.6 cm³/mol. The molecule has 0 aromatic rings. The lowest BCUT2D eigenvalue weighted by atomic mass is 10.3. The van der Waals surface area contributed by atoms with Crippen LogP contribution in [0.3, 0.4) is 0 Å². The first kappa shape index (κ1) is 19.2. The van der Waals surface area contributed by atoms with Crippen molar-refractivity contribution in [2.75, 3.05) is 39.9 Å². The Morgan fingerprint density at radius 3 is 2.59 bits per heavy atom. The molecular formula is C17H36N4O. The lowest BCUT2D eigenvalue weighted by Crippen LogP contribution is -2.40. The number of hydrogen-bond donors (Lipinski definition) is 2. The summed E-state index contributed by atoms with van der Waals surface area (Å²) in [6.07, 6.45) is 6.07. The van der Waals surface area contributed by atoms with Crippen LogP contribution >= 0.6 is 0 Å². The molecule has 1 atom stereocenters. The first-order valence-electron chi connectivity index (χ1n) is 9.00. The Balaban J connectivity index is 2.17. The molecule has 0 aromatic carbocycles. The summed E-state index contributed by atoms with van der Waals surface area (Å²) in [7, 11) is 2.21. The summed E-state index contributed by atoms with van der Waals surface area (Å²) in [6, 6.07) is 1.29. The van der Waals surface area contributed by atoms with Gasteiger partial charge in [0, 0.05) is 38.4 Å². The van der Waals surface area contributed by atoms with Crippen LogP contribution in [0.4, 0.5) is 0 Å². The largest absolute Gasteiger partial charge is 0.381 e. The van der Waals surface area contributed by atoms with Crippen molar-refractivity contribution in [1.29, 1.82) is 0 Å². The first-order chi connectivity index (χ1) is 10.7. The van der Waals surface area contributed by atoms with Crippen LogP contribution in [0.25, 0.3) is 0 Å². The van der Waals surface area contributed by atoms with E-state index in [0.29, 0.717) is 6.04 Å². The van der Waals surface area contributed by atoms with E-state index in [9.17, 15) is 0 Å². The van der Waals surface area contributed by atoms with E-state index in [1.54, 1.807) is 0 Å². The van der Waals surface area contributed by atoms with Crippen molar-refractivity contribution < 1.29 is 4.74 Å². The Bertz CT molecular complexity index is 305. The van der Waals surface area contributed by atoms with Crippen LogP contribution in [-0.4, -0.2) is 62.8 Å². The highest BCUT2D eigenvalue weighted by Gasteiger charge is 2.28. The van der Waals surface area contributed by atoms with Crippen LogP contribution in [0.15, 0.2) is 4.99 Å². The van der Waals surface area contributed by atoms with Gasteiger partial charge in [0.1, 0.15) is 0 Å². The Hall–Kier alpha value is -0.810. The summed E-state index contributed by atoms with van der Waals surface area (Å²) >= 11 is 0. The topological polar surface area (TPSA) is 48.9 Å². The molecule has 0 aliphatic heterocycles. The third-order valence-corrected chi connectivity index (χ3v) is 4.08. The number of nitrogens with one attached hydrogen (secondary N) is 2. The van der Waals surface area contributed by atoms with Gasteiger partial charge in [0.25, 0.3) is 0 Å². The second kappa shape index (κ2) is 11.7. The molecule has 0 amide bonds. The van der Waals surface area contributed by atoms with Crippen molar-refractivity contribution in [3.8, 4) is 0 Å². The summed E-state index contributed by atoms with van der Waals surface area (Å²) in [4.78, 5) is 7.16. The maximum absolute atomic E-state index is 5.57. The van der Waals surface area contributed by atoms with Crippen LogP contribution in [0.2, 0.25) is 0 Å². The van der Waals surface area contributed by atoms with E-state index < -0.39 is 0 Å². The van der Waals surface area contributed by atoms with E-state index in [-0.39, 0.29) is 0 Å². The Kier molecular flexibility index (Phi) is 10.2.